The number of hydrogen-bond donors (Lipinski definition) is 2. The predicted octanol–water partition coefficient (Wildman–Crippen LogP) is 5.64. The van der Waals surface area contributed by atoms with Crippen LogP contribution < -0.4 is 25.3 Å². The summed E-state index contributed by atoms with van der Waals surface area (Å²) in [5.74, 6) is 0.775. The molecule has 11 nitrogen and oxygen atoms in total. The molecule has 3 aliphatic heterocycles. The number of methoxy groups -OCH3 is 1. The first-order chi connectivity index (χ1) is 22.9. The molecular formula is C34H42ClFN8O3. The number of likely N-dealkylation sites (N-methyl/N-ethyl adjacent to an activating group) is 1. The topological polar surface area (TPSA) is 98.3 Å². The first-order valence-electron chi connectivity index (χ1n) is 16.2. The third-order valence-corrected chi connectivity index (χ3v) is 9.72. The van der Waals surface area contributed by atoms with E-state index in [0.717, 1.165) is 64.3 Å². The molecule has 3 saturated heterocycles. The molecule has 1 atom stereocenters. The highest BCUT2D eigenvalue weighted by atomic mass is 35.5. The highest BCUT2D eigenvalue weighted by Crippen LogP contribution is 2.41. The molecule has 0 aliphatic carbocycles. The Morgan fingerprint density at radius 2 is 1.89 bits per heavy atom. The van der Waals surface area contributed by atoms with Crippen molar-refractivity contribution >= 4 is 46.2 Å². The number of halogens is 2. The molecule has 250 valence electrons. The summed E-state index contributed by atoms with van der Waals surface area (Å²) in [6, 6.07) is 10.6. The molecule has 3 aromatic rings. The molecule has 0 spiro atoms. The second-order valence-electron chi connectivity index (χ2n) is 11.9. The number of hydrogen-bond acceptors (Lipinski definition) is 10. The summed E-state index contributed by atoms with van der Waals surface area (Å²) in [4.78, 5) is 34.8. The molecule has 6 rings (SSSR count). The number of piperazine rings is 1. The van der Waals surface area contributed by atoms with Crippen LogP contribution in [0, 0.1) is 5.82 Å². The summed E-state index contributed by atoms with van der Waals surface area (Å²) in [5.41, 5.74) is 2.77. The lowest BCUT2D eigenvalue weighted by Gasteiger charge is -2.43. The van der Waals surface area contributed by atoms with E-state index >= 15 is 0 Å². The highest BCUT2D eigenvalue weighted by Gasteiger charge is 2.32. The van der Waals surface area contributed by atoms with E-state index in [1.165, 1.54) is 18.5 Å². The van der Waals surface area contributed by atoms with Crippen molar-refractivity contribution in [2.24, 2.45) is 0 Å². The van der Waals surface area contributed by atoms with Gasteiger partial charge in [0.25, 0.3) is 0 Å². The van der Waals surface area contributed by atoms with Crippen LogP contribution in [0.5, 0.6) is 5.75 Å². The predicted molar refractivity (Wildman–Crippen MR) is 183 cm³/mol. The maximum atomic E-state index is 14.3. The second kappa shape index (κ2) is 14.8. The third-order valence-electron chi connectivity index (χ3n) is 9.32. The maximum Gasteiger partial charge on any atom is 0.247 e. The van der Waals surface area contributed by atoms with Crippen molar-refractivity contribution in [1.82, 2.24) is 19.8 Å². The molecule has 2 N–H and O–H groups in total. The van der Waals surface area contributed by atoms with Gasteiger partial charge in [-0.05, 0) is 43.2 Å². The second-order valence-corrected chi connectivity index (χ2v) is 12.3. The number of hydroxylamine groups is 1. The molecule has 47 heavy (non-hydrogen) atoms. The van der Waals surface area contributed by atoms with Crippen LogP contribution >= 0.6 is 11.6 Å². The van der Waals surface area contributed by atoms with E-state index in [4.69, 9.17) is 21.2 Å². The van der Waals surface area contributed by atoms with Crippen molar-refractivity contribution in [2.75, 3.05) is 80.1 Å². The van der Waals surface area contributed by atoms with Crippen molar-refractivity contribution in [3.63, 3.8) is 0 Å². The summed E-state index contributed by atoms with van der Waals surface area (Å²) in [6.07, 6.45) is 5.40. The summed E-state index contributed by atoms with van der Waals surface area (Å²) < 4.78 is 20.1. The van der Waals surface area contributed by atoms with Crippen LogP contribution in [0.3, 0.4) is 0 Å². The van der Waals surface area contributed by atoms with E-state index in [9.17, 15) is 9.18 Å². The normalized spacial score (nSPS) is 19.5. The smallest absolute Gasteiger partial charge is 0.247 e. The average molecular weight is 665 g/mol. The Hall–Kier alpha value is -3.97. The van der Waals surface area contributed by atoms with Crippen molar-refractivity contribution < 1.29 is 18.8 Å². The number of anilines is 5. The van der Waals surface area contributed by atoms with Gasteiger partial charge < -0.3 is 25.2 Å². The fraction of sp³-hybridized carbons (Fsp3) is 0.441. The zero-order chi connectivity index (χ0) is 32.9. The number of benzene rings is 2. The molecule has 3 aliphatic rings. The van der Waals surface area contributed by atoms with Crippen LogP contribution in [0.1, 0.15) is 37.8 Å². The van der Waals surface area contributed by atoms with Gasteiger partial charge >= 0.3 is 0 Å². The van der Waals surface area contributed by atoms with Crippen LogP contribution in [0.15, 0.2) is 55.4 Å². The van der Waals surface area contributed by atoms with E-state index < -0.39 is 5.82 Å². The SMILES string of the molecule is C=CC(=O)Nc1cc(Nc2cc(N3OCC[C@@H]3c3cccc(F)c3Cl)ncn2)c(OC)cc1N1CCC(N2CCN(CC)CC2)CC1. The van der Waals surface area contributed by atoms with Gasteiger partial charge in [0.2, 0.25) is 5.91 Å². The van der Waals surface area contributed by atoms with Crippen LogP contribution in [0.2, 0.25) is 5.02 Å². The summed E-state index contributed by atoms with van der Waals surface area (Å²) >= 11 is 6.32. The Morgan fingerprint density at radius 1 is 1.11 bits per heavy atom. The van der Waals surface area contributed by atoms with Gasteiger partial charge in [-0.25, -0.2) is 19.4 Å². The molecule has 2 aromatic carbocycles. The molecule has 1 amide bonds. The van der Waals surface area contributed by atoms with Gasteiger partial charge in [-0.3, -0.25) is 14.5 Å². The van der Waals surface area contributed by atoms with E-state index in [1.807, 2.05) is 12.1 Å². The van der Waals surface area contributed by atoms with Gasteiger partial charge in [0.05, 0.1) is 41.8 Å². The number of rotatable bonds is 10. The zero-order valence-corrected chi connectivity index (χ0v) is 27.7. The van der Waals surface area contributed by atoms with Crippen molar-refractivity contribution in [1.29, 1.82) is 0 Å². The van der Waals surface area contributed by atoms with E-state index in [0.29, 0.717) is 53.4 Å². The number of aromatic nitrogens is 2. The summed E-state index contributed by atoms with van der Waals surface area (Å²) in [5, 5.41) is 8.03. The standard InChI is InChI=1S/C34H42ClFN8O3/c1-4-33(45)40-26-19-27(30(46-3)20-29(26)43-12-9-23(10-13-43)42-16-14-41(5-2)15-17-42)39-31-21-32(38-22-37-31)44-28(11-18-47-44)24-7-6-8-25(36)34(24)35/h4,6-8,19-23,28H,1,5,9-18H2,2-3H3,(H,40,45)(H,37,38,39)/t28-/m1/s1. The molecule has 4 heterocycles. The lowest BCUT2D eigenvalue weighted by Crippen LogP contribution is -2.53. The number of piperidine rings is 1. The third kappa shape index (κ3) is 7.30. The van der Waals surface area contributed by atoms with Crippen molar-refractivity contribution in [3.05, 3.63) is 71.8 Å². The summed E-state index contributed by atoms with van der Waals surface area (Å²) in [7, 11) is 1.62. The van der Waals surface area contributed by atoms with Gasteiger partial charge in [-0.1, -0.05) is 37.2 Å². The highest BCUT2D eigenvalue weighted by molar-refractivity contribution is 6.31. The Balaban J connectivity index is 1.22. The zero-order valence-electron chi connectivity index (χ0n) is 26.9. The van der Waals surface area contributed by atoms with E-state index in [2.05, 4.69) is 48.8 Å². The molecule has 3 fully saturated rings. The molecular weight excluding hydrogens is 623 g/mol. The number of carbonyl (C=O) groups excluding carboxylic acids is 1. The lowest BCUT2D eigenvalue weighted by molar-refractivity contribution is -0.111. The van der Waals surface area contributed by atoms with Gasteiger partial charge in [0.1, 0.15) is 23.7 Å². The quantitative estimate of drug-likeness (QED) is 0.265. The van der Waals surface area contributed by atoms with Gasteiger partial charge in [0, 0.05) is 63.9 Å². The number of amides is 1. The molecule has 1 aromatic heterocycles. The maximum absolute atomic E-state index is 14.3. The first-order valence-corrected chi connectivity index (χ1v) is 16.6. The first kappa shape index (κ1) is 33.0. The van der Waals surface area contributed by atoms with E-state index in [-0.39, 0.29) is 17.0 Å². The van der Waals surface area contributed by atoms with E-state index in [1.54, 1.807) is 30.4 Å². The van der Waals surface area contributed by atoms with Crippen LogP contribution in [0.4, 0.5) is 33.1 Å². The number of carbonyl (C=O) groups is 1. The van der Waals surface area contributed by atoms with Crippen LogP contribution in [-0.4, -0.2) is 91.2 Å². The Bertz CT molecular complexity index is 1580. The number of nitrogens with zero attached hydrogens (tertiary/aromatic N) is 6. The van der Waals surface area contributed by atoms with Gasteiger partial charge in [0.15, 0.2) is 5.82 Å². The molecule has 13 heteroatoms. The largest absolute Gasteiger partial charge is 0.494 e. The number of ether oxygens (including phenoxy) is 1. The fourth-order valence-corrected chi connectivity index (χ4v) is 6.98. The van der Waals surface area contributed by atoms with Crippen LogP contribution in [-0.2, 0) is 9.63 Å². The Kier molecular flexibility index (Phi) is 10.4. The minimum absolute atomic E-state index is 0.0679. The fourth-order valence-electron chi connectivity index (χ4n) is 6.73. The minimum Gasteiger partial charge on any atom is -0.494 e. The van der Waals surface area contributed by atoms with Gasteiger partial charge in [-0.2, -0.15) is 0 Å². The monoisotopic (exact) mass is 664 g/mol. The Morgan fingerprint density at radius 3 is 2.62 bits per heavy atom. The molecule has 0 saturated carbocycles. The van der Waals surface area contributed by atoms with Gasteiger partial charge in [-0.15, -0.1) is 0 Å². The minimum atomic E-state index is -0.481. The average Bonchev–Trinajstić information content (AvgIpc) is 3.60. The van der Waals surface area contributed by atoms with Crippen molar-refractivity contribution in [3.8, 4) is 5.75 Å². The Labute approximate surface area is 280 Å². The van der Waals surface area contributed by atoms with Crippen LogP contribution in [0.25, 0.3) is 0 Å². The summed E-state index contributed by atoms with van der Waals surface area (Å²) in [6.45, 7) is 13.6. The number of nitrogens with one attached hydrogen (secondary N) is 2. The van der Waals surface area contributed by atoms with Crippen molar-refractivity contribution in [2.45, 2.75) is 38.3 Å². The lowest BCUT2D eigenvalue weighted by atomic mass is 10.0. The molecule has 0 radical (unpaired) electrons. The molecule has 0 bridgehead atoms. The molecule has 0 unspecified atom stereocenters.